The van der Waals surface area contributed by atoms with Crippen LogP contribution in [0.5, 0.6) is 5.75 Å². The molecule has 41 heavy (non-hydrogen) atoms. The molecule has 1 N–H and O–H groups in total. The summed E-state index contributed by atoms with van der Waals surface area (Å²) in [5, 5.41) is 12.6. The monoisotopic (exact) mass is 574 g/mol. The lowest BCUT2D eigenvalue weighted by atomic mass is 10.0. The molecule has 4 aromatic rings. The van der Waals surface area contributed by atoms with Crippen LogP contribution in [0.25, 0.3) is 11.1 Å². The molecular formula is C34H39O6P. The first kappa shape index (κ1) is 30.9. The second kappa shape index (κ2) is 18.4. The Bertz CT molecular complexity index is 1210. The SMILES string of the molecule is OCCOCCOCCOCCOCCOc1ccccc1-c1ccccc1P(c1ccccc1)c1ccccc1. The zero-order valence-electron chi connectivity index (χ0n) is 23.4. The molecule has 4 aromatic carbocycles. The molecule has 0 spiro atoms. The van der Waals surface area contributed by atoms with E-state index in [1.165, 1.54) is 21.5 Å². The van der Waals surface area contributed by atoms with Gasteiger partial charge in [-0.1, -0.05) is 103 Å². The highest BCUT2D eigenvalue weighted by molar-refractivity contribution is 7.80. The maximum Gasteiger partial charge on any atom is 0.127 e. The molecule has 4 rings (SSSR count). The summed E-state index contributed by atoms with van der Waals surface area (Å²) in [5.41, 5.74) is 2.26. The van der Waals surface area contributed by atoms with Crippen molar-refractivity contribution in [3.8, 4) is 16.9 Å². The lowest BCUT2D eigenvalue weighted by Crippen LogP contribution is -2.22. The van der Waals surface area contributed by atoms with Gasteiger partial charge in [-0.25, -0.2) is 0 Å². The van der Waals surface area contributed by atoms with Crippen LogP contribution in [0.2, 0.25) is 0 Å². The fourth-order valence-electron chi connectivity index (χ4n) is 4.33. The maximum absolute atomic E-state index is 8.66. The first-order valence-corrected chi connectivity index (χ1v) is 15.4. The molecule has 0 amide bonds. The Morgan fingerprint density at radius 1 is 0.439 bits per heavy atom. The van der Waals surface area contributed by atoms with Gasteiger partial charge in [0, 0.05) is 5.56 Å². The maximum atomic E-state index is 8.66. The molecular weight excluding hydrogens is 535 g/mol. The zero-order valence-corrected chi connectivity index (χ0v) is 24.3. The van der Waals surface area contributed by atoms with Crippen molar-refractivity contribution in [2.24, 2.45) is 0 Å². The van der Waals surface area contributed by atoms with Crippen molar-refractivity contribution in [3.63, 3.8) is 0 Å². The number of ether oxygens (including phenoxy) is 5. The highest BCUT2D eigenvalue weighted by atomic mass is 31.1. The number of para-hydroxylation sites is 1. The normalized spacial score (nSPS) is 11.2. The average molecular weight is 575 g/mol. The third kappa shape index (κ3) is 10.0. The van der Waals surface area contributed by atoms with Crippen LogP contribution in [0.3, 0.4) is 0 Å². The molecule has 0 atom stereocenters. The van der Waals surface area contributed by atoms with Gasteiger partial charge in [-0.15, -0.1) is 0 Å². The van der Waals surface area contributed by atoms with Crippen molar-refractivity contribution >= 4 is 23.8 Å². The second-order valence-electron chi connectivity index (χ2n) is 9.04. The molecule has 0 saturated heterocycles. The van der Waals surface area contributed by atoms with Crippen LogP contribution >= 0.6 is 7.92 Å². The van der Waals surface area contributed by atoms with E-state index < -0.39 is 7.92 Å². The van der Waals surface area contributed by atoms with E-state index in [4.69, 9.17) is 28.8 Å². The van der Waals surface area contributed by atoms with Crippen molar-refractivity contribution in [2.45, 2.75) is 0 Å². The zero-order chi connectivity index (χ0) is 28.4. The Hall–Kier alpha value is -3.09. The third-order valence-electron chi connectivity index (χ3n) is 6.19. The molecule has 0 bridgehead atoms. The van der Waals surface area contributed by atoms with Crippen molar-refractivity contribution < 1.29 is 28.8 Å². The van der Waals surface area contributed by atoms with Crippen LogP contribution in [0, 0.1) is 0 Å². The Kier molecular flexibility index (Phi) is 13.8. The Balaban J connectivity index is 1.32. The van der Waals surface area contributed by atoms with E-state index in [-0.39, 0.29) is 6.61 Å². The lowest BCUT2D eigenvalue weighted by molar-refractivity contribution is -0.00778. The molecule has 0 unspecified atom stereocenters. The van der Waals surface area contributed by atoms with E-state index in [1.54, 1.807) is 0 Å². The van der Waals surface area contributed by atoms with Gasteiger partial charge < -0.3 is 28.8 Å². The minimum atomic E-state index is -0.754. The lowest BCUT2D eigenvalue weighted by Gasteiger charge is -2.23. The van der Waals surface area contributed by atoms with Gasteiger partial charge in [0.1, 0.15) is 12.4 Å². The average Bonchev–Trinajstić information content (AvgIpc) is 3.03. The van der Waals surface area contributed by atoms with Crippen molar-refractivity contribution in [2.75, 3.05) is 66.1 Å². The van der Waals surface area contributed by atoms with Gasteiger partial charge in [0.15, 0.2) is 0 Å². The predicted octanol–water partition coefficient (Wildman–Crippen LogP) is 4.55. The van der Waals surface area contributed by atoms with Gasteiger partial charge in [0.05, 0.1) is 59.5 Å². The fraction of sp³-hybridized carbons (Fsp3) is 0.294. The van der Waals surface area contributed by atoms with E-state index in [1.807, 2.05) is 12.1 Å². The summed E-state index contributed by atoms with van der Waals surface area (Å²) >= 11 is 0. The van der Waals surface area contributed by atoms with Gasteiger partial charge in [0.2, 0.25) is 0 Å². The fourth-order valence-corrected chi connectivity index (χ4v) is 6.80. The molecule has 0 fully saturated rings. The van der Waals surface area contributed by atoms with Crippen LogP contribution in [0.15, 0.2) is 109 Å². The summed E-state index contributed by atoms with van der Waals surface area (Å²) in [4.78, 5) is 0. The van der Waals surface area contributed by atoms with Crippen LogP contribution in [-0.4, -0.2) is 71.2 Å². The standard InChI is InChI=1S/C34H39O6P/c35-19-20-36-21-22-37-23-24-38-25-26-39-27-28-40-33-17-9-7-15-31(33)32-16-8-10-18-34(32)41(29-11-3-1-4-12-29)30-13-5-2-6-14-30/h1-18,35H,19-28H2. The van der Waals surface area contributed by atoms with Crippen LogP contribution in [0.1, 0.15) is 0 Å². The van der Waals surface area contributed by atoms with Gasteiger partial charge >= 0.3 is 0 Å². The summed E-state index contributed by atoms with van der Waals surface area (Å²) in [5.74, 6) is 0.844. The number of hydrogen-bond donors (Lipinski definition) is 1. The van der Waals surface area contributed by atoms with Gasteiger partial charge in [-0.3, -0.25) is 0 Å². The highest BCUT2D eigenvalue weighted by Gasteiger charge is 2.21. The first-order chi connectivity index (χ1) is 20.4. The summed E-state index contributed by atoms with van der Waals surface area (Å²) in [7, 11) is -0.754. The smallest absolute Gasteiger partial charge is 0.127 e. The van der Waals surface area contributed by atoms with E-state index in [2.05, 4.69) is 97.1 Å². The number of benzene rings is 4. The van der Waals surface area contributed by atoms with Crippen molar-refractivity contribution in [1.82, 2.24) is 0 Å². The van der Waals surface area contributed by atoms with Crippen molar-refractivity contribution in [1.29, 1.82) is 0 Å². The molecule has 0 saturated carbocycles. The van der Waals surface area contributed by atoms with Gasteiger partial charge in [-0.2, -0.15) is 0 Å². The van der Waals surface area contributed by atoms with Crippen LogP contribution in [0.4, 0.5) is 0 Å². The van der Waals surface area contributed by atoms with Crippen LogP contribution < -0.4 is 20.7 Å². The topological polar surface area (TPSA) is 66.4 Å². The number of aliphatic hydroxyl groups is 1. The molecule has 0 radical (unpaired) electrons. The second-order valence-corrected chi connectivity index (χ2v) is 11.2. The Morgan fingerprint density at radius 2 is 0.878 bits per heavy atom. The highest BCUT2D eigenvalue weighted by Crippen LogP contribution is 2.39. The number of hydrogen-bond acceptors (Lipinski definition) is 6. The third-order valence-corrected chi connectivity index (χ3v) is 8.69. The number of rotatable bonds is 19. The molecule has 0 aliphatic carbocycles. The molecule has 7 heteroatoms. The molecule has 0 aromatic heterocycles. The quantitative estimate of drug-likeness (QED) is 0.131. The summed E-state index contributed by atoms with van der Waals surface area (Å²) in [6.07, 6.45) is 0. The molecule has 216 valence electrons. The molecule has 0 aliphatic heterocycles. The van der Waals surface area contributed by atoms with E-state index >= 15 is 0 Å². The molecule has 0 aliphatic rings. The predicted molar refractivity (Wildman–Crippen MR) is 166 cm³/mol. The van der Waals surface area contributed by atoms with Gasteiger partial charge in [0.25, 0.3) is 0 Å². The number of aliphatic hydroxyl groups excluding tert-OH is 1. The van der Waals surface area contributed by atoms with E-state index in [0.29, 0.717) is 59.5 Å². The first-order valence-electron chi connectivity index (χ1n) is 14.0. The Morgan fingerprint density at radius 3 is 1.44 bits per heavy atom. The Labute approximate surface area is 244 Å². The summed E-state index contributed by atoms with van der Waals surface area (Å²) in [6.45, 7) is 4.23. The molecule has 6 nitrogen and oxygen atoms in total. The van der Waals surface area contributed by atoms with E-state index in [0.717, 1.165) is 11.3 Å². The largest absolute Gasteiger partial charge is 0.491 e. The molecule has 0 heterocycles. The minimum Gasteiger partial charge on any atom is -0.491 e. The summed E-state index contributed by atoms with van der Waals surface area (Å²) in [6, 6.07) is 38.4. The van der Waals surface area contributed by atoms with Crippen LogP contribution in [-0.2, 0) is 18.9 Å². The van der Waals surface area contributed by atoms with E-state index in [9.17, 15) is 0 Å². The summed E-state index contributed by atoms with van der Waals surface area (Å²) < 4.78 is 28.0. The minimum absolute atomic E-state index is 0.0270. The van der Waals surface area contributed by atoms with Crippen molar-refractivity contribution in [3.05, 3.63) is 109 Å². The van der Waals surface area contributed by atoms with Gasteiger partial charge in [-0.05, 0) is 35.5 Å².